The Labute approximate surface area is 204 Å². The number of amides is 2. The number of fused-ring (bicyclic) bond motifs is 1. The molecule has 1 aromatic carbocycles. The fourth-order valence-electron chi connectivity index (χ4n) is 4.60. The maximum atomic E-state index is 13.6. The minimum absolute atomic E-state index is 0.00801. The van der Waals surface area contributed by atoms with Crippen LogP contribution in [0.15, 0.2) is 35.7 Å². The maximum absolute atomic E-state index is 13.6. The number of benzene rings is 1. The van der Waals surface area contributed by atoms with Gasteiger partial charge in [0.15, 0.2) is 0 Å². The fourth-order valence-corrected chi connectivity index (χ4v) is 5.53. The Balaban J connectivity index is 1.48. The number of carbonyl (C=O) groups excluding carboxylic acids is 2. The van der Waals surface area contributed by atoms with E-state index in [2.05, 4.69) is 0 Å². The second-order valence-electron chi connectivity index (χ2n) is 9.42. The van der Waals surface area contributed by atoms with Crippen molar-refractivity contribution in [3.8, 4) is 5.75 Å². The van der Waals surface area contributed by atoms with Crippen molar-refractivity contribution in [3.05, 3.63) is 52.0 Å². The third-order valence-electron chi connectivity index (χ3n) is 6.35. The summed E-state index contributed by atoms with van der Waals surface area (Å²) < 4.78 is 25.0. The quantitative estimate of drug-likeness (QED) is 0.524. The molecule has 2 atom stereocenters. The molecule has 3 heterocycles. The summed E-state index contributed by atoms with van der Waals surface area (Å²) in [5.74, 6) is 0.364. The number of hydrogen-bond donors (Lipinski definition) is 0. The standard InChI is InChI=1S/C26H33FN2O4S/c1-18(2)14-25(30)28(15-21-4-3-12-32-21)16-26(31)29-11-9-24-22(10-13-34-24)23(29)17-33-20-7-5-19(27)6-8-20/h5-8,10,13,18,21,23H,3-4,9,11-12,14-17H2,1-2H3. The normalized spacial score (nSPS) is 19.8. The van der Waals surface area contributed by atoms with Gasteiger partial charge in [-0.1, -0.05) is 13.8 Å². The molecule has 2 unspecified atom stereocenters. The molecule has 2 amide bonds. The van der Waals surface area contributed by atoms with Crippen molar-refractivity contribution in [2.45, 2.75) is 51.7 Å². The van der Waals surface area contributed by atoms with Crippen LogP contribution >= 0.6 is 11.3 Å². The third kappa shape index (κ3) is 6.16. The number of ether oxygens (including phenoxy) is 2. The van der Waals surface area contributed by atoms with Gasteiger partial charge in [0, 0.05) is 31.0 Å². The number of halogens is 1. The minimum Gasteiger partial charge on any atom is -0.491 e. The molecule has 2 aliphatic rings. The van der Waals surface area contributed by atoms with E-state index in [4.69, 9.17) is 9.47 Å². The second kappa shape index (κ2) is 11.3. The van der Waals surface area contributed by atoms with Crippen LogP contribution in [0.3, 0.4) is 0 Å². The van der Waals surface area contributed by atoms with Crippen molar-refractivity contribution in [1.29, 1.82) is 0 Å². The van der Waals surface area contributed by atoms with Gasteiger partial charge in [-0.25, -0.2) is 4.39 Å². The van der Waals surface area contributed by atoms with E-state index in [0.717, 1.165) is 24.8 Å². The van der Waals surface area contributed by atoms with Crippen LogP contribution in [0.4, 0.5) is 4.39 Å². The summed E-state index contributed by atoms with van der Waals surface area (Å²) in [6.45, 7) is 6.07. The zero-order valence-electron chi connectivity index (χ0n) is 19.9. The van der Waals surface area contributed by atoms with Crippen LogP contribution in [0.2, 0.25) is 0 Å². The largest absolute Gasteiger partial charge is 0.491 e. The van der Waals surface area contributed by atoms with Gasteiger partial charge >= 0.3 is 0 Å². The molecule has 8 heteroatoms. The Morgan fingerprint density at radius 2 is 2.06 bits per heavy atom. The number of rotatable bonds is 9. The summed E-state index contributed by atoms with van der Waals surface area (Å²) in [7, 11) is 0. The molecule has 1 fully saturated rings. The number of carbonyl (C=O) groups is 2. The minimum atomic E-state index is -0.320. The summed E-state index contributed by atoms with van der Waals surface area (Å²) in [6.07, 6.45) is 3.09. The Morgan fingerprint density at radius 3 is 2.76 bits per heavy atom. The van der Waals surface area contributed by atoms with E-state index in [0.29, 0.717) is 31.9 Å². The van der Waals surface area contributed by atoms with Crippen molar-refractivity contribution >= 4 is 23.2 Å². The molecule has 1 aromatic heterocycles. The lowest BCUT2D eigenvalue weighted by Gasteiger charge is -2.37. The second-order valence-corrected chi connectivity index (χ2v) is 10.4. The van der Waals surface area contributed by atoms with Gasteiger partial charge < -0.3 is 19.3 Å². The highest BCUT2D eigenvalue weighted by Gasteiger charge is 2.34. The van der Waals surface area contributed by atoms with E-state index < -0.39 is 0 Å². The summed E-state index contributed by atoms with van der Waals surface area (Å²) in [4.78, 5) is 31.3. The molecular weight excluding hydrogens is 455 g/mol. The van der Waals surface area contributed by atoms with E-state index in [1.54, 1.807) is 28.4 Å². The molecule has 0 saturated carbocycles. The van der Waals surface area contributed by atoms with Gasteiger partial charge in [-0.05, 0) is 66.5 Å². The average Bonchev–Trinajstić information content (AvgIpc) is 3.49. The Morgan fingerprint density at radius 1 is 1.26 bits per heavy atom. The zero-order chi connectivity index (χ0) is 24.1. The lowest BCUT2D eigenvalue weighted by Crippen LogP contribution is -2.49. The SMILES string of the molecule is CC(C)CC(=O)N(CC(=O)N1CCc2sccc2C1COc1ccc(F)cc1)CC1CCCO1. The van der Waals surface area contributed by atoms with E-state index in [-0.39, 0.29) is 48.8 Å². The highest BCUT2D eigenvalue weighted by molar-refractivity contribution is 7.10. The molecule has 2 aliphatic heterocycles. The van der Waals surface area contributed by atoms with Gasteiger partial charge in [0.25, 0.3) is 0 Å². The first-order valence-corrected chi connectivity index (χ1v) is 12.9. The third-order valence-corrected chi connectivity index (χ3v) is 7.34. The maximum Gasteiger partial charge on any atom is 0.242 e. The topological polar surface area (TPSA) is 59.1 Å². The molecule has 2 aromatic rings. The number of hydrogen-bond acceptors (Lipinski definition) is 5. The van der Waals surface area contributed by atoms with E-state index >= 15 is 0 Å². The van der Waals surface area contributed by atoms with Crippen LogP contribution in [-0.4, -0.2) is 60.6 Å². The summed E-state index contributed by atoms with van der Waals surface area (Å²) in [5.41, 5.74) is 1.09. The van der Waals surface area contributed by atoms with Gasteiger partial charge in [-0.3, -0.25) is 9.59 Å². The average molecular weight is 489 g/mol. The molecule has 0 aliphatic carbocycles. The molecule has 184 valence electrons. The summed E-state index contributed by atoms with van der Waals surface area (Å²) in [5, 5.41) is 2.04. The van der Waals surface area contributed by atoms with Crippen LogP contribution in [0.25, 0.3) is 0 Å². The first-order valence-electron chi connectivity index (χ1n) is 12.0. The molecule has 0 spiro atoms. The highest BCUT2D eigenvalue weighted by atomic mass is 32.1. The lowest BCUT2D eigenvalue weighted by atomic mass is 10.00. The first kappa shape index (κ1) is 24.7. The van der Waals surface area contributed by atoms with Gasteiger partial charge in [0.2, 0.25) is 11.8 Å². The molecule has 1 saturated heterocycles. The lowest BCUT2D eigenvalue weighted by molar-refractivity contribution is -0.144. The number of thiophene rings is 1. The highest BCUT2D eigenvalue weighted by Crippen LogP contribution is 2.34. The van der Waals surface area contributed by atoms with Crippen molar-refractivity contribution in [3.63, 3.8) is 0 Å². The Kier molecular flexibility index (Phi) is 8.21. The van der Waals surface area contributed by atoms with Crippen molar-refractivity contribution in [2.75, 3.05) is 32.8 Å². The monoisotopic (exact) mass is 488 g/mol. The van der Waals surface area contributed by atoms with Crippen LogP contribution in [0.5, 0.6) is 5.75 Å². The molecule has 34 heavy (non-hydrogen) atoms. The summed E-state index contributed by atoms with van der Waals surface area (Å²) in [6, 6.07) is 7.69. The number of nitrogens with zero attached hydrogens (tertiary/aromatic N) is 2. The van der Waals surface area contributed by atoms with Crippen LogP contribution in [0.1, 0.15) is 49.6 Å². The Hall–Kier alpha value is -2.45. The van der Waals surface area contributed by atoms with E-state index in [1.807, 2.05) is 30.2 Å². The fraction of sp³-hybridized carbons (Fsp3) is 0.538. The Bertz CT molecular complexity index is 971. The van der Waals surface area contributed by atoms with Gasteiger partial charge in [-0.2, -0.15) is 0 Å². The van der Waals surface area contributed by atoms with Crippen LogP contribution < -0.4 is 4.74 Å². The first-order chi connectivity index (χ1) is 16.4. The van der Waals surface area contributed by atoms with Crippen molar-refractivity contribution in [1.82, 2.24) is 9.80 Å². The van der Waals surface area contributed by atoms with E-state index in [9.17, 15) is 14.0 Å². The smallest absolute Gasteiger partial charge is 0.242 e. The molecule has 0 N–H and O–H groups in total. The molecule has 6 nitrogen and oxygen atoms in total. The van der Waals surface area contributed by atoms with Crippen molar-refractivity contribution in [2.24, 2.45) is 5.92 Å². The molecule has 0 radical (unpaired) electrons. The molecule has 4 rings (SSSR count). The predicted molar refractivity (Wildman–Crippen MR) is 129 cm³/mol. The molecule has 0 bridgehead atoms. The van der Waals surface area contributed by atoms with Crippen LogP contribution in [-0.2, 0) is 20.7 Å². The van der Waals surface area contributed by atoms with Crippen LogP contribution in [0, 0.1) is 11.7 Å². The van der Waals surface area contributed by atoms with Gasteiger partial charge in [0.05, 0.1) is 18.7 Å². The van der Waals surface area contributed by atoms with E-state index in [1.165, 1.54) is 17.0 Å². The zero-order valence-corrected chi connectivity index (χ0v) is 20.7. The molecular formula is C26H33FN2O4S. The predicted octanol–water partition coefficient (Wildman–Crippen LogP) is 4.45. The van der Waals surface area contributed by atoms with Crippen molar-refractivity contribution < 1.29 is 23.5 Å². The summed E-state index contributed by atoms with van der Waals surface area (Å²) >= 11 is 1.69. The van der Waals surface area contributed by atoms with Gasteiger partial charge in [-0.15, -0.1) is 11.3 Å². The van der Waals surface area contributed by atoms with Gasteiger partial charge in [0.1, 0.15) is 18.2 Å².